The molecule has 0 saturated carbocycles. The van der Waals surface area contributed by atoms with Gasteiger partial charge in [0.05, 0.1) is 12.6 Å². The lowest BCUT2D eigenvalue weighted by Crippen LogP contribution is -2.34. The van der Waals surface area contributed by atoms with Crippen LogP contribution in [0.4, 0.5) is 5.95 Å². The Morgan fingerprint density at radius 2 is 1.80 bits per heavy atom. The van der Waals surface area contributed by atoms with Crippen LogP contribution in [0.5, 0.6) is 0 Å². The van der Waals surface area contributed by atoms with Crippen LogP contribution in [0.3, 0.4) is 0 Å². The zero-order chi connectivity index (χ0) is 16.7. The average molecular weight is 392 g/mol. The smallest absolute Gasteiger partial charge is 0.234 e. The molecule has 0 aromatic carbocycles. The zero-order valence-corrected chi connectivity index (χ0v) is 17.0. The van der Waals surface area contributed by atoms with Crippen LogP contribution in [-0.2, 0) is 4.79 Å². The number of amides is 1. The average Bonchev–Trinajstić information content (AvgIpc) is 2.46. The Morgan fingerprint density at radius 1 is 1.20 bits per heavy atom. The summed E-state index contributed by atoms with van der Waals surface area (Å²) in [5.74, 6) is 0.800. The van der Waals surface area contributed by atoms with Crippen LogP contribution < -0.4 is 15.5 Å². The van der Waals surface area contributed by atoms with Crippen LogP contribution in [0, 0.1) is 6.92 Å². The molecule has 1 atom stereocenters. The van der Waals surface area contributed by atoms with Crippen molar-refractivity contribution in [1.82, 2.24) is 20.6 Å². The number of hydrogen-bond acceptors (Lipinski definition) is 5. The number of carbonyl (C=O) groups is 1. The highest BCUT2D eigenvalue weighted by atomic mass is 35.5. The maximum Gasteiger partial charge on any atom is 0.234 e. The normalized spacial score (nSPS) is 15.9. The van der Waals surface area contributed by atoms with Gasteiger partial charge in [0.25, 0.3) is 0 Å². The van der Waals surface area contributed by atoms with Gasteiger partial charge >= 0.3 is 0 Å². The van der Waals surface area contributed by atoms with Crippen LogP contribution in [0.1, 0.15) is 56.3 Å². The Labute approximate surface area is 163 Å². The molecule has 2 rings (SSSR count). The van der Waals surface area contributed by atoms with Crippen molar-refractivity contribution in [3.8, 4) is 0 Å². The molecule has 1 aromatic heterocycles. The standard InChI is InChI=1S/C17H29N5O.2ClH/c1-13(20-16(23)12-18-3)15-11-19-17(21-14(15)2)22-9-7-5-4-6-8-10-22;;/h11,13,18H,4-10,12H2,1-3H3,(H,20,23);2*1H. The molecule has 1 saturated heterocycles. The van der Waals surface area contributed by atoms with Crippen LogP contribution in [-0.4, -0.2) is 42.6 Å². The molecular formula is C17H31Cl2N5O. The molecule has 1 fully saturated rings. The predicted molar refractivity (Wildman–Crippen MR) is 107 cm³/mol. The summed E-state index contributed by atoms with van der Waals surface area (Å²) in [7, 11) is 1.76. The second kappa shape index (κ2) is 12.3. The molecule has 0 aliphatic carbocycles. The van der Waals surface area contributed by atoms with Gasteiger partial charge in [0.1, 0.15) is 0 Å². The van der Waals surface area contributed by atoms with Gasteiger partial charge in [-0.15, -0.1) is 24.8 Å². The molecule has 6 nitrogen and oxygen atoms in total. The summed E-state index contributed by atoms with van der Waals surface area (Å²) < 4.78 is 0. The maximum atomic E-state index is 11.7. The van der Waals surface area contributed by atoms with E-state index < -0.39 is 0 Å². The van der Waals surface area contributed by atoms with Crippen molar-refractivity contribution in [3.63, 3.8) is 0 Å². The number of carbonyl (C=O) groups excluding carboxylic acids is 1. The highest BCUT2D eigenvalue weighted by molar-refractivity contribution is 5.85. The number of aromatic nitrogens is 2. The third-order valence-electron chi connectivity index (χ3n) is 4.32. The highest BCUT2D eigenvalue weighted by Crippen LogP contribution is 2.20. The van der Waals surface area contributed by atoms with Crippen molar-refractivity contribution in [2.45, 2.75) is 52.0 Å². The lowest BCUT2D eigenvalue weighted by atomic mass is 10.1. The monoisotopic (exact) mass is 391 g/mol. The molecule has 1 aliphatic rings. The molecule has 1 aliphatic heterocycles. The molecule has 1 aromatic rings. The van der Waals surface area contributed by atoms with Crippen molar-refractivity contribution in [2.24, 2.45) is 0 Å². The molecule has 2 heterocycles. The first-order chi connectivity index (χ1) is 11.1. The summed E-state index contributed by atoms with van der Waals surface area (Å²) in [5.41, 5.74) is 1.92. The first-order valence-corrected chi connectivity index (χ1v) is 8.64. The van der Waals surface area contributed by atoms with E-state index in [1.165, 1.54) is 32.1 Å². The van der Waals surface area contributed by atoms with Crippen LogP contribution in [0.25, 0.3) is 0 Å². The van der Waals surface area contributed by atoms with Gasteiger partial charge in [0.2, 0.25) is 11.9 Å². The van der Waals surface area contributed by atoms with E-state index in [1.54, 1.807) is 7.05 Å². The number of hydrogen-bond donors (Lipinski definition) is 2. The number of rotatable bonds is 5. The van der Waals surface area contributed by atoms with Crippen molar-refractivity contribution in [1.29, 1.82) is 0 Å². The van der Waals surface area contributed by atoms with Gasteiger partial charge in [0.15, 0.2) is 0 Å². The molecule has 0 spiro atoms. The van der Waals surface area contributed by atoms with Crippen LogP contribution in [0.15, 0.2) is 6.20 Å². The van der Waals surface area contributed by atoms with Gasteiger partial charge in [0, 0.05) is 30.5 Å². The Kier molecular flexibility index (Phi) is 11.7. The molecule has 2 N–H and O–H groups in total. The first kappa shape index (κ1) is 23.9. The first-order valence-electron chi connectivity index (χ1n) is 8.64. The van der Waals surface area contributed by atoms with Crippen molar-refractivity contribution in [2.75, 3.05) is 31.6 Å². The summed E-state index contributed by atoms with van der Waals surface area (Å²) in [6.07, 6.45) is 8.21. The van der Waals surface area contributed by atoms with E-state index in [-0.39, 0.29) is 36.8 Å². The third-order valence-corrected chi connectivity index (χ3v) is 4.32. The van der Waals surface area contributed by atoms with Gasteiger partial charge in [-0.3, -0.25) is 4.79 Å². The lowest BCUT2D eigenvalue weighted by molar-refractivity contribution is -0.120. The van der Waals surface area contributed by atoms with Gasteiger partial charge in [-0.1, -0.05) is 19.3 Å². The molecule has 1 unspecified atom stereocenters. The van der Waals surface area contributed by atoms with E-state index in [1.807, 2.05) is 20.0 Å². The molecule has 25 heavy (non-hydrogen) atoms. The van der Waals surface area contributed by atoms with E-state index in [9.17, 15) is 4.79 Å². The number of nitrogens with zero attached hydrogens (tertiary/aromatic N) is 3. The molecule has 8 heteroatoms. The fourth-order valence-corrected chi connectivity index (χ4v) is 3.02. The van der Waals surface area contributed by atoms with E-state index in [0.29, 0.717) is 6.54 Å². The Balaban J connectivity index is 0.00000288. The highest BCUT2D eigenvalue weighted by Gasteiger charge is 2.16. The topological polar surface area (TPSA) is 70.2 Å². The summed E-state index contributed by atoms with van der Waals surface area (Å²) in [5, 5.41) is 5.81. The van der Waals surface area contributed by atoms with Crippen LogP contribution >= 0.6 is 24.8 Å². The molecule has 144 valence electrons. The number of aryl methyl sites for hydroxylation is 1. The number of anilines is 1. The maximum absolute atomic E-state index is 11.7. The van der Waals surface area contributed by atoms with Crippen molar-refractivity contribution < 1.29 is 4.79 Å². The summed E-state index contributed by atoms with van der Waals surface area (Å²) in [6.45, 7) is 6.34. The minimum absolute atomic E-state index is 0. The predicted octanol–water partition coefficient (Wildman–Crippen LogP) is 2.80. The largest absolute Gasteiger partial charge is 0.348 e. The van der Waals surface area contributed by atoms with Crippen LogP contribution in [0.2, 0.25) is 0 Å². The SMILES string of the molecule is CNCC(=O)NC(C)c1cnc(N2CCCCCCC2)nc1C.Cl.Cl. The third kappa shape index (κ3) is 7.34. The summed E-state index contributed by atoms with van der Waals surface area (Å²) in [6, 6.07) is -0.0859. The van der Waals surface area contributed by atoms with Gasteiger partial charge in [-0.2, -0.15) is 0 Å². The van der Waals surface area contributed by atoms with Gasteiger partial charge in [-0.05, 0) is 33.7 Å². The van der Waals surface area contributed by atoms with Gasteiger partial charge in [-0.25, -0.2) is 9.97 Å². The Morgan fingerprint density at radius 3 is 2.36 bits per heavy atom. The summed E-state index contributed by atoms with van der Waals surface area (Å²) in [4.78, 5) is 23.2. The fraction of sp³-hybridized carbons (Fsp3) is 0.706. The second-order valence-corrected chi connectivity index (χ2v) is 6.29. The molecule has 0 radical (unpaired) electrons. The zero-order valence-electron chi connectivity index (χ0n) is 15.4. The lowest BCUT2D eigenvalue weighted by Gasteiger charge is -2.25. The minimum Gasteiger partial charge on any atom is -0.348 e. The number of likely N-dealkylation sites (N-methyl/N-ethyl adjacent to an activating group) is 1. The van der Waals surface area contributed by atoms with E-state index in [4.69, 9.17) is 4.98 Å². The Hall–Kier alpha value is -1.11. The van der Waals surface area contributed by atoms with E-state index in [2.05, 4.69) is 20.5 Å². The van der Waals surface area contributed by atoms with Crippen molar-refractivity contribution >= 4 is 36.7 Å². The summed E-state index contributed by atoms with van der Waals surface area (Å²) >= 11 is 0. The number of nitrogens with one attached hydrogen (secondary N) is 2. The Bertz CT molecular complexity index is 522. The second-order valence-electron chi connectivity index (χ2n) is 6.29. The minimum atomic E-state index is -0.0859. The fourth-order valence-electron chi connectivity index (χ4n) is 3.02. The molecule has 1 amide bonds. The molecule has 0 bridgehead atoms. The quantitative estimate of drug-likeness (QED) is 0.807. The molecular weight excluding hydrogens is 361 g/mol. The van der Waals surface area contributed by atoms with Crippen molar-refractivity contribution in [3.05, 3.63) is 17.5 Å². The van der Waals surface area contributed by atoms with Gasteiger partial charge < -0.3 is 15.5 Å². The van der Waals surface area contributed by atoms with E-state index >= 15 is 0 Å². The van der Waals surface area contributed by atoms with E-state index in [0.717, 1.165) is 30.3 Å². The number of halogens is 2.